The predicted molar refractivity (Wildman–Crippen MR) is 96.0 cm³/mol. The van der Waals surface area contributed by atoms with Crippen LogP contribution in [0.4, 0.5) is 17.1 Å². The summed E-state index contributed by atoms with van der Waals surface area (Å²) in [7, 11) is -8.50. The molecule has 13 nitrogen and oxygen atoms in total. The zero-order valence-corrected chi connectivity index (χ0v) is 15.2. The van der Waals surface area contributed by atoms with Gasteiger partial charge in [0.2, 0.25) is 16.0 Å². The highest BCUT2D eigenvalue weighted by atomic mass is 32.2. The van der Waals surface area contributed by atoms with E-state index in [2.05, 4.69) is 9.36 Å². The van der Waals surface area contributed by atoms with E-state index in [1.165, 1.54) is 12.1 Å². The zero-order valence-electron chi connectivity index (χ0n) is 13.6. The van der Waals surface area contributed by atoms with Crippen LogP contribution < -0.4 is 10.9 Å². The van der Waals surface area contributed by atoms with Crippen molar-refractivity contribution in [3.05, 3.63) is 56.6 Å². The Morgan fingerprint density at radius 3 is 2.18 bits per heavy atom. The summed E-state index contributed by atoms with van der Waals surface area (Å²) in [6.45, 7) is 0. The van der Waals surface area contributed by atoms with Crippen molar-refractivity contribution in [1.29, 1.82) is 0 Å². The summed E-state index contributed by atoms with van der Waals surface area (Å²) in [4.78, 5) is 22.8. The van der Waals surface area contributed by atoms with Gasteiger partial charge in [-0.15, -0.1) is 0 Å². The third kappa shape index (κ3) is 3.06. The lowest BCUT2D eigenvalue weighted by Gasteiger charge is -2.17. The number of hydrogen-bond donors (Lipinski definition) is 2. The molecule has 1 atom stereocenters. The highest BCUT2D eigenvalue weighted by molar-refractivity contribution is 7.94. The average Bonchev–Trinajstić information content (AvgIpc) is 2.59. The lowest BCUT2D eigenvalue weighted by molar-refractivity contribution is -0.387. The Labute approximate surface area is 157 Å². The number of hydrogen-bond acceptors (Lipinski definition) is 10. The average molecular weight is 426 g/mol. The minimum atomic E-state index is -4.61. The number of nitro benzene ring substituents is 2. The molecule has 0 aliphatic carbocycles. The van der Waals surface area contributed by atoms with E-state index >= 15 is 0 Å². The molecule has 1 aliphatic heterocycles. The number of benzene rings is 2. The maximum absolute atomic E-state index is 13.7. The third-order valence-electron chi connectivity index (χ3n) is 3.66. The summed E-state index contributed by atoms with van der Waals surface area (Å²) in [5.74, 6) is -0.548. The number of sulfonamides is 1. The number of fused-ring (bicyclic) bond motifs is 1. The van der Waals surface area contributed by atoms with Gasteiger partial charge >= 0.3 is 0 Å². The first-order chi connectivity index (χ1) is 12.9. The Hall–Kier alpha value is -3.43. The Kier molecular flexibility index (Phi) is 4.37. The van der Waals surface area contributed by atoms with E-state index in [1.807, 2.05) is 0 Å². The van der Waals surface area contributed by atoms with E-state index in [0.29, 0.717) is 6.07 Å². The molecule has 0 spiro atoms. The molecule has 4 N–H and O–H groups in total. The highest BCUT2D eigenvalue weighted by Crippen LogP contribution is 2.42. The summed E-state index contributed by atoms with van der Waals surface area (Å²) in [6, 6.07) is 6.33. The Morgan fingerprint density at radius 2 is 1.61 bits per heavy atom. The van der Waals surface area contributed by atoms with Crippen LogP contribution in [0.1, 0.15) is 0 Å². The molecule has 28 heavy (non-hydrogen) atoms. The Morgan fingerprint density at radius 1 is 1.00 bits per heavy atom. The molecule has 0 aromatic heterocycles. The van der Waals surface area contributed by atoms with Crippen LogP contribution in [0.2, 0.25) is 0 Å². The van der Waals surface area contributed by atoms with Crippen molar-refractivity contribution >= 4 is 42.8 Å². The fraction of sp³-hybridized carbons (Fsp3) is 0. The number of nitrogens with two attached hydrogens (primary N) is 2. The number of guanidine groups is 1. The molecule has 1 heterocycles. The molecule has 1 aliphatic rings. The number of primary sulfonamides is 1. The maximum Gasteiger partial charge on any atom is 0.291 e. The molecule has 3 rings (SSSR count). The molecule has 15 heteroatoms. The molecule has 2 aromatic rings. The summed E-state index contributed by atoms with van der Waals surface area (Å²) in [6.07, 6.45) is 0. The third-order valence-corrected chi connectivity index (χ3v) is 6.91. The molecular formula is C13H10N6O7S2. The van der Waals surface area contributed by atoms with Crippen LogP contribution in [-0.2, 0) is 19.8 Å². The topological polar surface area (TPSA) is 214 Å². The van der Waals surface area contributed by atoms with E-state index < -0.39 is 56.7 Å². The molecule has 0 fully saturated rings. The maximum atomic E-state index is 13.7. The van der Waals surface area contributed by atoms with Crippen molar-refractivity contribution < 1.29 is 22.5 Å². The van der Waals surface area contributed by atoms with E-state index in [1.54, 1.807) is 0 Å². The second-order valence-electron chi connectivity index (χ2n) is 5.40. The van der Waals surface area contributed by atoms with Crippen molar-refractivity contribution in [2.75, 3.05) is 0 Å². The van der Waals surface area contributed by atoms with E-state index in [0.717, 1.165) is 18.2 Å². The molecular weight excluding hydrogens is 416 g/mol. The number of aliphatic imine (C=N–C) groups is 1. The molecule has 1 unspecified atom stereocenters. The lowest BCUT2D eigenvalue weighted by atomic mass is 10.3. The number of para-hydroxylation sites is 1. The number of rotatable bonds is 4. The number of nitrogens with zero attached hydrogens (tertiary/aromatic N) is 4. The van der Waals surface area contributed by atoms with Gasteiger partial charge in [0.25, 0.3) is 11.4 Å². The van der Waals surface area contributed by atoms with Gasteiger partial charge in [0.05, 0.1) is 20.4 Å². The van der Waals surface area contributed by atoms with Crippen LogP contribution in [0.25, 0.3) is 0 Å². The molecule has 0 saturated carbocycles. The van der Waals surface area contributed by atoms with Crippen molar-refractivity contribution in [2.45, 2.75) is 14.7 Å². The summed E-state index contributed by atoms with van der Waals surface area (Å²) < 4.78 is 41.0. The zero-order chi connectivity index (χ0) is 20.9. The summed E-state index contributed by atoms with van der Waals surface area (Å²) >= 11 is 0. The van der Waals surface area contributed by atoms with Crippen molar-refractivity contribution in [3.63, 3.8) is 0 Å². The standard InChI is InChI=1S/C13H10N6O7S2/c14-13-16-7-5-9(19(22)23)12(28(15,25)26)6-11(7)27(24,17-13)10-4-2-1-3-8(10)18(20)21/h1-6H,(H2,15,25,26)(H2,14,16,17,24). The summed E-state index contributed by atoms with van der Waals surface area (Å²) in [5.41, 5.74) is 3.77. The van der Waals surface area contributed by atoms with Gasteiger partial charge < -0.3 is 5.73 Å². The Balaban J connectivity index is 2.48. The van der Waals surface area contributed by atoms with E-state index in [9.17, 15) is 32.9 Å². The summed E-state index contributed by atoms with van der Waals surface area (Å²) in [5, 5.41) is 27.6. The molecule has 0 bridgehead atoms. The lowest BCUT2D eigenvalue weighted by Crippen LogP contribution is -2.20. The van der Waals surface area contributed by atoms with Crippen molar-refractivity contribution in [1.82, 2.24) is 0 Å². The SMILES string of the molecule is NC1=Nc2cc([N+](=O)[O-])c(S(N)(=O)=O)cc2S(=O)(c2ccccc2[N+](=O)[O-])=N1. The first-order valence-corrected chi connectivity index (χ1v) is 10.2. The molecule has 0 radical (unpaired) electrons. The van der Waals surface area contributed by atoms with Gasteiger partial charge in [-0.3, -0.25) is 20.2 Å². The normalized spacial score (nSPS) is 18.5. The van der Waals surface area contributed by atoms with Gasteiger partial charge in [-0.1, -0.05) is 12.1 Å². The van der Waals surface area contributed by atoms with Crippen LogP contribution in [0.15, 0.2) is 60.4 Å². The van der Waals surface area contributed by atoms with Crippen molar-refractivity contribution in [2.24, 2.45) is 20.2 Å². The van der Waals surface area contributed by atoms with Gasteiger partial charge in [0.15, 0.2) is 4.90 Å². The highest BCUT2D eigenvalue weighted by Gasteiger charge is 2.35. The van der Waals surface area contributed by atoms with Crippen LogP contribution in [0.5, 0.6) is 0 Å². The van der Waals surface area contributed by atoms with Gasteiger partial charge in [0.1, 0.15) is 14.6 Å². The van der Waals surface area contributed by atoms with Gasteiger partial charge in [-0.25, -0.2) is 22.8 Å². The van der Waals surface area contributed by atoms with Crippen LogP contribution in [-0.4, -0.2) is 28.4 Å². The monoisotopic (exact) mass is 426 g/mol. The molecule has 0 amide bonds. The number of nitro groups is 2. The first kappa shape index (κ1) is 19.3. The van der Waals surface area contributed by atoms with Crippen LogP contribution in [0.3, 0.4) is 0 Å². The van der Waals surface area contributed by atoms with E-state index in [4.69, 9.17) is 10.9 Å². The van der Waals surface area contributed by atoms with Gasteiger partial charge in [-0.05, 0) is 12.1 Å². The predicted octanol–water partition coefficient (Wildman–Crippen LogP) is 0.996. The van der Waals surface area contributed by atoms with Gasteiger partial charge in [0, 0.05) is 12.1 Å². The Bertz CT molecular complexity index is 1310. The first-order valence-electron chi connectivity index (χ1n) is 7.15. The quantitative estimate of drug-likeness (QED) is 0.529. The smallest absolute Gasteiger partial charge is 0.291 e. The largest absolute Gasteiger partial charge is 0.367 e. The molecule has 0 saturated heterocycles. The van der Waals surface area contributed by atoms with Crippen LogP contribution >= 0.6 is 0 Å². The van der Waals surface area contributed by atoms with Crippen molar-refractivity contribution in [3.8, 4) is 0 Å². The second-order valence-corrected chi connectivity index (χ2v) is 9.05. The molecule has 146 valence electrons. The van der Waals surface area contributed by atoms with E-state index in [-0.39, 0.29) is 10.6 Å². The molecule has 2 aromatic carbocycles. The fourth-order valence-electron chi connectivity index (χ4n) is 2.55. The minimum absolute atomic E-state index is 0.310. The second kappa shape index (κ2) is 6.32. The van der Waals surface area contributed by atoms with Crippen LogP contribution in [0, 0.1) is 20.2 Å². The fourth-order valence-corrected chi connectivity index (χ4v) is 5.43. The van der Waals surface area contributed by atoms with Gasteiger partial charge in [-0.2, -0.15) is 4.36 Å². The minimum Gasteiger partial charge on any atom is -0.367 e.